The van der Waals surface area contributed by atoms with Gasteiger partial charge < -0.3 is 0 Å². The van der Waals surface area contributed by atoms with E-state index in [0.717, 1.165) is 0 Å². The van der Waals surface area contributed by atoms with E-state index >= 15 is 0 Å². The van der Waals surface area contributed by atoms with Gasteiger partial charge in [-0.15, -0.1) is 3.89 Å². The molecule has 1 heterocycles. The summed E-state index contributed by atoms with van der Waals surface area (Å²) in [6.45, 7) is 0. The van der Waals surface area contributed by atoms with Gasteiger partial charge in [0.25, 0.3) is 0 Å². The Labute approximate surface area is 94.3 Å². The molecule has 78 valence electrons. The zero-order valence-electron chi connectivity index (χ0n) is 7.31. The second-order valence-corrected chi connectivity index (χ2v) is 5.05. The summed E-state index contributed by atoms with van der Waals surface area (Å²) in [6, 6.07) is 5.99. The summed E-state index contributed by atoms with van der Waals surface area (Å²) in [5.74, 6) is 0. The van der Waals surface area contributed by atoms with E-state index in [4.69, 9.17) is 0 Å². The van der Waals surface area contributed by atoms with Crippen molar-refractivity contribution in [3.63, 3.8) is 0 Å². The van der Waals surface area contributed by atoms with Crippen LogP contribution >= 0.6 is 15.9 Å². The number of halogens is 2. The van der Waals surface area contributed by atoms with E-state index in [1.807, 2.05) is 0 Å². The van der Waals surface area contributed by atoms with E-state index < -0.39 is 15.1 Å². The van der Waals surface area contributed by atoms with Crippen LogP contribution in [0.2, 0.25) is 0 Å². The Morgan fingerprint density at radius 1 is 1.27 bits per heavy atom. The minimum absolute atomic E-state index is 0.134. The van der Waals surface area contributed by atoms with Crippen molar-refractivity contribution in [3.05, 3.63) is 34.9 Å². The molecule has 0 aliphatic rings. The molecule has 0 unspecified atom stereocenters. The first-order chi connectivity index (χ1) is 7.00. The Kier molecular flexibility index (Phi) is 2.47. The summed E-state index contributed by atoms with van der Waals surface area (Å²) >= 11 is 3.24. The molecule has 1 aromatic carbocycles. The molecular formula is C9H5BrFNO2S. The first-order valence-electron chi connectivity index (χ1n) is 3.98. The van der Waals surface area contributed by atoms with Crippen molar-refractivity contribution in [3.8, 4) is 0 Å². The highest BCUT2D eigenvalue weighted by Crippen LogP contribution is 2.28. The normalized spacial score (nSPS) is 11.9. The highest BCUT2D eigenvalue weighted by molar-refractivity contribution is 9.10. The summed E-state index contributed by atoms with van der Waals surface area (Å²) in [5, 5.41) is 0.566. The molecule has 0 spiro atoms. The fraction of sp³-hybridized carbons (Fsp3) is 0. The average Bonchev–Trinajstić information content (AvgIpc) is 2.17. The number of aromatic nitrogens is 1. The summed E-state index contributed by atoms with van der Waals surface area (Å²) in [6.07, 6.45) is 1.42. The smallest absolute Gasteiger partial charge is 0.255 e. The average molecular weight is 290 g/mol. The third kappa shape index (κ3) is 1.87. The van der Waals surface area contributed by atoms with Crippen molar-refractivity contribution in [1.29, 1.82) is 0 Å². The Morgan fingerprint density at radius 2 is 2.00 bits per heavy atom. The molecule has 0 radical (unpaired) electrons. The first-order valence-corrected chi connectivity index (χ1v) is 6.16. The van der Waals surface area contributed by atoms with Gasteiger partial charge in [0.2, 0.25) is 0 Å². The van der Waals surface area contributed by atoms with Gasteiger partial charge in [-0.3, -0.25) is 4.98 Å². The second-order valence-electron chi connectivity index (χ2n) is 2.88. The Hall–Kier alpha value is -1.01. The second kappa shape index (κ2) is 3.53. The molecule has 6 heteroatoms. The fourth-order valence-corrected chi connectivity index (χ4v) is 2.38. The number of benzene rings is 1. The van der Waals surface area contributed by atoms with E-state index in [-0.39, 0.29) is 5.52 Å². The van der Waals surface area contributed by atoms with Crippen molar-refractivity contribution in [2.24, 2.45) is 0 Å². The van der Waals surface area contributed by atoms with Gasteiger partial charge in [0.15, 0.2) is 0 Å². The highest BCUT2D eigenvalue weighted by atomic mass is 79.9. The lowest BCUT2D eigenvalue weighted by Gasteiger charge is -2.02. The van der Waals surface area contributed by atoms with Crippen molar-refractivity contribution in [2.75, 3.05) is 0 Å². The Bertz CT molecular complexity index is 627. The monoisotopic (exact) mass is 289 g/mol. The summed E-state index contributed by atoms with van der Waals surface area (Å²) in [4.78, 5) is 3.46. The minimum Gasteiger partial charge on any atom is -0.255 e. The maximum Gasteiger partial charge on any atom is 0.334 e. The summed E-state index contributed by atoms with van der Waals surface area (Å²) in [7, 11) is -4.73. The van der Waals surface area contributed by atoms with Gasteiger partial charge >= 0.3 is 10.2 Å². The predicted octanol–water partition coefficient (Wildman–Crippen LogP) is 2.66. The number of hydrogen-bond donors (Lipinski definition) is 0. The van der Waals surface area contributed by atoms with Crippen LogP contribution in [0.3, 0.4) is 0 Å². The fourth-order valence-electron chi connectivity index (χ4n) is 1.31. The molecule has 0 saturated carbocycles. The quantitative estimate of drug-likeness (QED) is 0.759. The number of nitrogens with zero attached hydrogens (tertiary/aromatic N) is 1. The van der Waals surface area contributed by atoms with E-state index in [1.165, 1.54) is 18.3 Å². The lowest BCUT2D eigenvalue weighted by Crippen LogP contribution is -1.95. The van der Waals surface area contributed by atoms with Crippen LogP contribution in [0.15, 0.2) is 39.8 Å². The standard InChI is InChI=1S/C9H5BrFNO2S/c10-7-3-4-8(15(11,13)14)9-6(7)2-1-5-12-9/h1-5H. The molecule has 0 amide bonds. The van der Waals surface area contributed by atoms with Crippen LogP contribution in [0, 0.1) is 0 Å². The van der Waals surface area contributed by atoms with Gasteiger partial charge in [0, 0.05) is 16.1 Å². The number of fused-ring (bicyclic) bond motifs is 1. The molecule has 0 fully saturated rings. The number of rotatable bonds is 1. The van der Waals surface area contributed by atoms with E-state index in [2.05, 4.69) is 20.9 Å². The van der Waals surface area contributed by atoms with Gasteiger partial charge in [-0.25, -0.2) is 0 Å². The lowest BCUT2D eigenvalue weighted by molar-refractivity contribution is 0.553. The maximum absolute atomic E-state index is 12.9. The molecule has 0 bridgehead atoms. The highest BCUT2D eigenvalue weighted by Gasteiger charge is 2.17. The van der Waals surface area contributed by atoms with Gasteiger partial charge in [-0.2, -0.15) is 8.42 Å². The molecule has 0 saturated heterocycles. The predicted molar refractivity (Wildman–Crippen MR) is 57.7 cm³/mol. The molecule has 3 nitrogen and oxygen atoms in total. The van der Waals surface area contributed by atoms with Crippen LogP contribution in [0.5, 0.6) is 0 Å². The van der Waals surface area contributed by atoms with Crippen LogP contribution in [0.4, 0.5) is 3.89 Å². The van der Waals surface area contributed by atoms with Gasteiger partial charge in [-0.05, 0) is 18.2 Å². The zero-order chi connectivity index (χ0) is 11.1. The lowest BCUT2D eigenvalue weighted by atomic mass is 10.2. The van der Waals surface area contributed by atoms with Gasteiger partial charge in [-0.1, -0.05) is 22.0 Å². The molecule has 0 atom stereocenters. The number of pyridine rings is 1. The van der Waals surface area contributed by atoms with Crippen LogP contribution in [0.1, 0.15) is 0 Å². The molecule has 1 aromatic heterocycles. The van der Waals surface area contributed by atoms with Gasteiger partial charge in [0.1, 0.15) is 4.90 Å². The topological polar surface area (TPSA) is 47.0 Å². The van der Waals surface area contributed by atoms with Crippen molar-refractivity contribution in [1.82, 2.24) is 4.98 Å². The number of hydrogen-bond acceptors (Lipinski definition) is 3. The van der Waals surface area contributed by atoms with Crippen molar-refractivity contribution < 1.29 is 12.3 Å². The van der Waals surface area contributed by atoms with Crippen LogP contribution in [-0.4, -0.2) is 13.4 Å². The summed E-state index contributed by atoms with van der Waals surface area (Å²) in [5.41, 5.74) is 0.134. The molecule has 2 aromatic rings. The third-order valence-electron chi connectivity index (χ3n) is 1.94. The molecule has 0 aliphatic carbocycles. The van der Waals surface area contributed by atoms with Crippen molar-refractivity contribution in [2.45, 2.75) is 4.90 Å². The minimum atomic E-state index is -4.73. The van der Waals surface area contributed by atoms with E-state index in [9.17, 15) is 12.3 Å². The van der Waals surface area contributed by atoms with Crippen molar-refractivity contribution >= 4 is 37.1 Å². The first kappa shape index (κ1) is 10.5. The van der Waals surface area contributed by atoms with Crippen LogP contribution in [-0.2, 0) is 10.2 Å². The molecule has 15 heavy (non-hydrogen) atoms. The summed E-state index contributed by atoms with van der Waals surface area (Å²) < 4.78 is 35.3. The van der Waals surface area contributed by atoms with E-state index in [0.29, 0.717) is 9.86 Å². The van der Waals surface area contributed by atoms with Crippen LogP contribution in [0.25, 0.3) is 10.9 Å². The molecule has 2 rings (SSSR count). The third-order valence-corrected chi connectivity index (χ3v) is 3.49. The largest absolute Gasteiger partial charge is 0.334 e. The zero-order valence-corrected chi connectivity index (χ0v) is 9.72. The maximum atomic E-state index is 12.9. The van der Waals surface area contributed by atoms with Crippen LogP contribution < -0.4 is 0 Å². The molecule has 0 N–H and O–H groups in total. The Morgan fingerprint density at radius 3 is 2.67 bits per heavy atom. The molecular weight excluding hydrogens is 285 g/mol. The van der Waals surface area contributed by atoms with Gasteiger partial charge in [0.05, 0.1) is 5.52 Å². The molecule has 0 aliphatic heterocycles. The SMILES string of the molecule is O=S(=O)(F)c1ccc(Br)c2cccnc12. The Balaban J connectivity index is 2.96. The van der Waals surface area contributed by atoms with E-state index in [1.54, 1.807) is 12.1 Å².